The third kappa shape index (κ3) is 7.40. The molecule has 0 aromatic heterocycles. The molecule has 0 aliphatic rings. The van der Waals surface area contributed by atoms with Crippen LogP contribution in [-0.2, 0) is 4.79 Å². The number of carbonyl (C=O) groups excluding carboxylic acids is 2. The highest BCUT2D eigenvalue weighted by Gasteiger charge is 2.24. The summed E-state index contributed by atoms with van der Waals surface area (Å²) in [5.74, 6) is 0.410. The van der Waals surface area contributed by atoms with E-state index in [9.17, 15) is 19.7 Å². The van der Waals surface area contributed by atoms with E-state index in [2.05, 4.69) is 24.5 Å². The van der Waals surface area contributed by atoms with Crippen molar-refractivity contribution in [3.05, 3.63) is 75.8 Å². The van der Waals surface area contributed by atoms with Crippen molar-refractivity contribution in [1.29, 1.82) is 0 Å². The summed E-state index contributed by atoms with van der Waals surface area (Å²) in [6.07, 6.45) is 2.40. The van der Waals surface area contributed by atoms with Crippen LogP contribution >= 0.6 is 11.8 Å². The van der Waals surface area contributed by atoms with Crippen LogP contribution in [0.3, 0.4) is 0 Å². The minimum absolute atomic E-state index is 0.152. The van der Waals surface area contributed by atoms with Crippen LogP contribution in [0.5, 0.6) is 0 Å². The summed E-state index contributed by atoms with van der Waals surface area (Å²) in [6.45, 7) is 4.68. The number of non-ortho nitro benzene ring substituents is 1. The van der Waals surface area contributed by atoms with Gasteiger partial charge in [0.25, 0.3) is 11.6 Å². The molecule has 2 aromatic rings. The molecule has 0 saturated heterocycles. The van der Waals surface area contributed by atoms with Gasteiger partial charge in [0.05, 0.1) is 4.92 Å². The topological polar surface area (TPSA) is 101 Å². The van der Waals surface area contributed by atoms with Gasteiger partial charge in [-0.3, -0.25) is 19.7 Å². The van der Waals surface area contributed by atoms with Gasteiger partial charge < -0.3 is 10.6 Å². The lowest BCUT2D eigenvalue weighted by molar-refractivity contribution is -0.384. The molecule has 0 bridgehead atoms. The summed E-state index contributed by atoms with van der Waals surface area (Å²) < 4.78 is 0. The van der Waals surface area contributed by atoms with Crippen LogP contribution in [-0.4, -0.2) is 41.3 Å². The van der Waals surface area contributed by atoms with Crippen molar-refractivity contribution in [3.63, 3.8) is 0 Å². The number of hydrogen-bond donors (Lipinski definition) is 2. The molecule has 2 rings (SSSR count). The fourth-order valence-electron chi connectivity index (χ4n) is 3.28. The monoisotopic (exact) mass is 443 g/mol. The molecule has 0 aliphatic carbocycles. The molecule has 0 fully saturated rings. The third-order valence-corrected chi connectivity index (χ3v) is 5.72. The Bertz CT molecular complexity index is 889. The van der Waals surface area contributed by atoms with E-state index in [0.29, 0.717) is 24.6 Å². The average Bonchev–Trinajstić information content (AvgIpc) is 2.77. The number of carbonyl (C=O) groups is 2. The van der Waals surface area contributed by atoms with Gasteiger partial charge in [-0.15, -0.1) is 0 Å². The maximum Gasteiger partial charge on any atom is 0.270 e. The molecule has 2 amide bonds. The summed E-state index contributed by atoms with van der Waals surface area (Å²) in [5.41, 5.74) is 1.14. The molecule has 2 atom stereocenters. The molecule has 166 valence electrons. The lowest BCUT2D eigenvalue weighted by Crippen LogP contribution is -2.48. The van der Waals surface area contributed by atoms with Crippen LogP contribution in [0.25, 0.3) is 0 Å². The summed E-state index contributed by atoms with van der Waals surface area (Å²) in [4.78, 5) is 36.0. The van der Waals surface area contributed by atoms with Gasteiger partial charge in [-0.25, -0.2) is 0 Å². The van der Waals surface area contributed by atoms with Crippen molar-refractivity contribution in [2.45, 2.75) is 32.2 Å². The van der Waals surface area contributed by atoms with Crippen molar-refractivity contribution in [1.82, 2.24) is 10.6 Å². The predicted molar refractivity (Wildman–Crippen MR) is 124 cm³/mol. The van der Waals surface area contributed by atoms with Gasteiger partial charge >= 0.3 is 0 Å². The second-order valence-corrected chi connectivity index (χ2v) is 8.61. The number of amides is 2. The SMILES string of the molecule is CSCCC(NC(=O)c1cccc([N+](=O)[O-])c1)C(=O)NCC(c1ccccc1)C(C)C. The Morgan fingerprint density at radius 1 is 1.10 bits per heavy atom. The standard InChI is InChI=1S/C23H29N3O4S/c1-16(2)20(17-8-5-4-6-9-17)15-24-23(28)21(12-13-31-3)25-22(27)18-10-7-11-19(14-18)26(29)30/h4-11,14,16,20-21H,12-13,15H2,1-3H3,(H,24,28)(H,25,27). The van der Waals surface area contributed by atoms with Gasteiger partial charge in [0.15, 0.2) is 0 Å². The van der Waals surface area contributed by atoms with Gasteiger partial charge in [-0.1, -0.05) is 50.2 Å². The summed E-state index contributed by atoms with van der Waals surface area (Å²) >= 11 is 1.58. The summed E-state index contributed by atoms with van der Waals surface area (Å²) in [5, 5.41) is 16.7. The van der Waals surface area contributed by atoms with Crippen LogP contribution < -0.4 is 10.6 Å². The van der Waals surface area contributed by atoms with E-state index in [0.717, 1.165) is 5.56 Å². The molecule has 0 heterocycles. The van der Waals surface area contributed by atoms with Crippen molar-refractivity contribution in [3.8, 4) is 0 Å². The molecular weight excluding hydrogens is 414 g/mol. The van der Waals surface area contributed by atoms with Gasteiger partial charge in [0, 0.05) is 30.2 Å². The average molecular weight is 444 g/mol. The van der Waals surface area contributed by atoms with Gasteiger partial charge in [-0.05, 0) is 36.0 Å². The molecule has 8 heteroatoms. The van der Waals surface area contributed by atoms with Crippen LogP contribution in [0.2, 0.25) is 0 Å². The molecule has 0 saturated carbocycles. The Labute approximate surface area is 187 Å². The van der Waals surface area contributed by atoms with E-state index >= 15 is 0 Å². The van der Waals surface area contributed by atoms with Crippen LogP contribution in [0, 0.1) is 16.0 Å². The molecule has 0 spiro atoms. The lowest BCUT2D eigenvalue weighted by atomic mass is 9.88. The van der Waals surface area contributed by atoms with E-state index in [4.69, 9.17) is 0 Å². The number of rotatable bonds is 11. The first-order valence-corrected chi connectivity index (χ1v) is 11.6. The number of nitro benzene ring substituents is 1. The van der Waals surface area contributed by atoms with Gasteiger partial charge in [-0.2, -0.15) is 11.8 Å². The first kappa shape index (κ1) is 24.4. The van der Waals surface area contributed by atoms with Crippen LogP contribution in [0.1, 0.15) is 42.1 Å². The van der Waals surface area contributed by atoms with Crippen LogP contribution in [0.15, 0.2) is 54.6 Å². The second kappa shape index (κ2) is 12.1. The molecule has 31 heavy (non-hydrogen) atoms. The van der Waals surface area contributed by atoms with Gasteiger partial charge in [0.2, 0.25) is 5.91 Å². The smallest absolute Gasteiger partial charge is 0.270 e. The maximum absolute atomic E-state index is 12.9. The van der Waals surface area contributed by atoms with E-state index in [1.165, 1.54) is 24.3 Å². The number of nitrogens with zero attached hydrogens (tertiary/aromatic N) is 1. The van der Waals surface area contributed by atoms with E-state index in [1.54, 1.807) is 11.8 Å². The first-order chi connectivity index (χ1) is 14.8. The Kier molecular flexibility index (Phi) is 9.52. The zero-order chi connectivity index (χ0) is 22.8. The van der Waals surface area contributed by atoms with E-state index in [-0.39, 0.29) is 23.1 Å². The van der Waals surface area contributed by atoms with E-state index in [1.807, 2.05) is 36.6 Å². The quantitative estimate of drug-likeness (QED) is 0.404. The molecule has 0 aliphatic heterocycles. The Morgan fingerprint density at radius 3 is 2.42 bits per heavy atom. The zero-order valence-corrected chi connectivity index (χ0v) is 18.9. The van der Waals surface area contributed by atoms with Crippen molar-refractivity contribution < 1.29 is 14.5 Å². The first-order valence-electron chi connectivity index (χ1n) is 10.2. The fourth-order valence-corrected chi connectivity index (χ4v) is 3.75. The number of benzene rings is 2. The fraction of sp³-hybridized carbons (Fsp3) is 0.391. The lowest BCUT2D eigenvalue weighted by Gasteiger charge is -2.24. The number of hydrogen-bond acceptors (Lipinski definition) is 5. The molecule has 0 radical (unpaired) electrons. The molecule has 7 nitrogen and oxygen atoms in total. The number of nitrogens with one attached hydrogen (secondary N) is 2. The minimum Gasteiger partial charge on any atom is -0.354 e. The highest BCUT2D eigenvalue weighted by molar-refractivity contribution is 7.98. The van der Waals surface area contributed by atoms with E-state index < -0.39 is 16.9 Å². The molecule has 2 aromatic carbocycles. The van der Waals surface area contributed by atoms with Crippen molar-refractivity contribution in [2.24, 2.45) is 5.92 Å². The highest BCUT2D eigenvalue weighted by atomic mass is 32.2. The highest BCUT2D eigenvalue weighted by Crippen LogP contribution is 2.23. The molecular formula is C23H29N3O4S. The maximum atomic E-state index is 12.9. The summed E-state index contributed by atoms with van der Waals surface area (Å²) in [7, 11) is 0. The van der Waals surface area contributed by atoms with Crippen molar-refractivity contribution >= 4 is 29.3 Å². The van der Waals surface area contributed by atoms with Crippen molar-refractivity contribution in [2.75, 3.05) is 18.6 Å². The summed E-state index contributed by atoms with van der Waals surface area (Å²) in [6, 6.07) is 14.8. The van der Waals surface area contributed by atoms with Crippen LogP contribution in [0.4, 0.5) is 5.69 Å². The third-order valence-electron chi connectivity index (χ3n) is 5.08. The Morgan fingerprint density at radius 2 is 1.81 bits per heavy atom. The zero-order valence-electron chi connectivity index (χ0n) is 18.0. The molecule has 2 unspecified atom stereocenters. The largest absolute Gasteiger partial charge is 0.354 e. The number of thioether (sulfide) groups is 1. The normalized spacial score (nSPS) is 12.8. The minimum atomic E-state index is -0.720. The van der Waals surface area contributed by atoms with Gasteiger partial charge in [0.1, 0.15) is 6.04 Å². The Balaban J connectivity index is 2.08. The predicted octanol–water partition coefficient (Wildman–Crippen LogP) is 4.00. The number of nitro groups is 1. The molecule has 2 N–H and O–H groups in total. The Hall–Kier alpha value is -2.87. The second-order valence-electron chi connectivity index (χ2n) is 7.62.